The first kappa shape index (κ1) is 13.2. The highest BCUT2D eigenvalue weighted by Gasteiger charge is 2.27. The van der Waals surface area contributed by atoms with Crippen molar-refractivity contribution in [3.8, 4) is 5.75 Å². The van der Waals surface area contributed by atoms with Gasteiger partial charge in [-0.1, -0.05) is 45.3 Å². The molecule has 2 rings (SSSR count). The molecule has 18 heavy (non-hydrogen) atoms. The van der Waals surface area contributed by atoms with Crippen molar-refractivity contribution in [2.75, 3.05) is 7.11 Å². The Morgan fingerprint density at radius 3 is 2.44 bits per heavy atom. The Kier molecular flexibility index (Phi) is 4.11. The highest BCUT2D eigenvalue weighted by Crippen LogP contribution is 2.46. The van der Waals surface area contributed by atoms with E-state index in [1.54, 1.807) is 18.3 Å². The molecule has 0 saturated carbocycles. The van der Waals surface area contributed by atoms with Gasteiger partial charge >= 0.3 is 0 Å². The Bertz CT molecular complexity index is 457. The van der Waals surface area contributed by atoms with E-state index in [-0.39, 0.29) is 0 Å². The number of allylic oxidation sites excluding steroid dienone is 2. The monoisotopic (exact) mass is 244 g/mol. The summed E-state index contributed by atoms with van der Waals surface area (Å²) in [5.74, 6) is 1.57. The number of hydrogen-bond acceptors (Lipinski definition) is 1. The van der Waals surface area contributed by atoms with Crippen LogP contribution in [0.2, 0.25) is 0 Å². The Balaban J connectivity index is 2.48. The minimum absolute atomic E-state index is 0.590. The zero-order chi connectivity index (χ0) is 13.1. The summed E-state index contributed by atoms with van der Waals surface area (Å²) in [6, 6.07) is 6.56. The molecule has 1 aliphatic rings. The van der Waals surface area contributed by atoms with Crippen molar-refractivity contribution < 1.29 is 4.74 Å². The summed E-state index contributed by atoms with van der Waals surface area (Å²) < 4.78 is 5.37. The first-order chi connectivity index (χ1) is 8.72. The number of ether oxygens (including phenoxy) is 1. The van der Waals surface area contributed by atoms with Gasteiger partial charge in [0.1, 0.15) is 5.75 Å². The van der Waals surface area contributed by atoms with Crippen LogP contribution in [0.1, 0.15) is 63.5 Å². The Labute approximate surface area is 111 Å². The fourth-order valence-corrected chi connectivity index (χ4v) is 3.11. The lowest BCUT2D eigenvalue weighted by atomic mass is 9.94. The third-order valence-corrected chi connectivity index (χ3v) is 3.98. The molecule has 1 aromatic carbocycles. The van der Waals surface area contributed by atoms with Gasteiger partial charge in [0.05, 0.1) is 7.11 Å². The largest absolute Gasteiger partial charge is 0.497 e. The second kappa shape index (κ2) is 5.60. The molecule has 1 nitrogen and oxygen atoms in total. The first-order valence-corrected chi connectivity index (χ1v) is 7.13. The van der Waals surface area contributed by atoms with E-state index in [0.717, 1.165) is 5.75 Å². The van der Waals surface area contributed by atoms with Gasteiger partial charge in [0.25, 0.3) is 0 Å². The number of hydrogen-bond donors (Lipinski definition) is 0. The summed E-state index contributed by atoms with van der Waals surface area (Å²) >= 11 is 0. The molecule has 1 heteroatoms. The van der Waals surface area contributed by atoms with E-state index in [9.17, 15) is 0 Å². The summed E-state index contributed by atoms with van der Waals surface area (Å²) in [6.07, 6.45) is 4.87. The van der Waals surface area contributed by atoms with Gasteiger partial charge in [0, 0.05) is 5.92 Å². The Morgan fingerprint density at radius 1 is 1.11 bits per heavy atom. The summed E-state index contributed by atoms with van der Waals surface area (Å²) in [4.78, 5) is 0. The maximum Gasteiger partial charge on any atom is 0.119 e. The maximum absolute atomic E-state index is 5.37. The summed E-state index contributed by atoms with van der Waals surface area (Å²) in [7, 11) is 1.75. The number of methoxy groups -OCH3 is 1. The summed E-state index contributed by atoms with van der Waals surface area (Å²) in [5, 5.41) is 0. The molecule has 0 N–H and O–H groups in total. The van der Waals surface area contributed by atoms with E-state index in [2.05, 4.69) is 39.0 Å². The van der Waals surface area contributed by atoms with Crippen LogP contribution in [-0.2, 0) is 0 Å². The molecule has 0 spiro atoms. The van der Waals surface area contributed by atoms with Crippen molar-refractivity contribution in [2.45, 2.75) is 52.4 Å². The van der Waals surface area contributed by atoms with Gasteiger partial charge in [-0.25, -0.2) is 0 Å². The fourth-order valence-electron chi connectivity index (χ4n) is 3.11. The van der Waals surface area contributed by atoms with Crippen LogP contribution in [0.15, 0.2) is 23.8 Å². The SMILES string of the molecule is CCCC1=C(CCC)C(C)c2ccc(OC)cc21. The van der Waals surface area contributed by atoms with Gasteiger partial charge in [-0.2, -0.15) is 0 Å². The van der Waals surface area contributed by atoms with Crippen LogP contribution < -0.4 is 4.74 Å². The van der Waals surface area contributed by atoms with Crippen molar-refractivity contribution >= 4 is 5.57 Å². The van der Waals surface area contributed by atoms with E-state index in [4.69, 9.17) is 4.74 Å². The predicted octanol–water partition coefficient (Wildman–Crippen LogP) is 5.17. The van der Waals surface area contributed by atoms with Crippen molar-refractivity contribution in [2.24, 2.45) is 0 Å². The van der Waals surface area contributed by atoms with E-state index >= 15 is 0 Å². The van der Waals surface area contributed by atoms with Gasteiger partial charge in [0.15, 0.2) is 0 Å². The van der Waals surface area contributed by atoms with Gasteiger partial charge < -0.3 is 4.74 Å². The predicted molar refractivity (Wildman–Crippen MR) is 78.1 cm³/mol. The van der Waals surface area contributed by atoms with Crippen molar-refractivity contribution in [1.82, 2.24) is 0 Å². The lowest BCUT2D eigenvalue weighted by molar-refractivity contribution is 0.414. The standard InChI is InChI=1S/C17H24O/c1-5-7-14-12(3)15-10-9-13(18-4)11-17(15)16(14)8-6-2/h9-12H,5-8H2,1-4H3. The minimum atomic E-state index is 0.590. The molecule has 1 unspecified atom stereocenters. The summed E-state index contributed by atoms with van der Waals surface area (Å²) in [6.45, 7) is 6.88. The Hall–Kier alpha value is -1.24. The van der Waals surface area contributed by atoms with Gasteiger partial charge in [-0.3, -0.25) is 0 Å². The molecular weight excluding hydrogens is 220 g/mol. The maximum atomic E-state index is 5.37. The molecule has 1 aliphatic carbocycles. The second-order valence-electron chi connectivity index (χ2n) is 5.18. The molecule has 0 saturated heterocycles. The average Bonchev–Trinajstić information content (AvgIpc) is 2.65. The van der Waals surface area contributed by atoms with E-state index in [1.807, 2.05) is 0 Å². The fraction of sp³-hybridized carbons (Fsp3) is 0.529. The Morgan fingerprint density at radius 2 is 1.83 bits per heavy atom. The minimum Gasteiger partial charge on any atom is -0.497 e. The van der Waals surface area contributed by atoms with Crippen LogP contribution in [0.3, 0.4) is 0 Å². The molecule has 0 aromatic heterocycles. The number of benzene rings is 1. The molecular formula is C17H24O. The zero-order valence-corrected chi connectivity index (χ0v) is 12.0. The molecule has 0 fully saturated rings. The van der Waals surface area contributed by atoms with E-state index in [1.165, 1.54) is 36.8 Å². The number of fused-ring (bicyclic) bond motifs is 1. The summed E-state index contributed by atoms with van der Waals surface area (Å²) in [5.41, 5.74) is 6.17. The van der Waals surface area contributed by atoms with Crippen molar-refractivity contribution in [3.63, 3.8) is 0 Å². The van der Waals surface area contributed by atoms with Gasteiger partial charge in [-0.05, 0) is 41.7 Å². The van der Waals surface area contributed by atoms with Crippen molar-refractivity contribution in [3.05, 3.63) is 34.9 Å². The normalized spacial score (nSPS) is 18.1. The van der Waals surface area contributed by atoms with E-state index in [0.29, 0.717) is 5.92 Å². The highest BCUT2D eigenvalue weighted by atomic mass is 16.5. The average molecular weight is 244 g/mol. The molecule has 1 atom stereocenters. The van der Waals surface area contributed by atoms with Crippen LogP contribution in [0.4, 0.5) is 0 Å². The van der Waals surface area contributed by atoms with E-state index < -0.39 is 0 Å². The second-order valence-corrected chi connectivity index (χ2v) is 5.18. The van der Waals surface area contributed by atoms with Gasteiger partial charge in [0.2, 0.25) is 0 Å². The molecule has 0 bridgehead atoms. The first-order valence-electron chi connectivity index (χ1n) is 7.13. The molecule has 0 amide bonds. The topological polar surface area (TPSA) is 9.23 Å². The lowest BCUT2D eigenvalue weighted by Crippen LogP contribution is -1.93. The molecule has 0 aliphatic heterocycles. The third kappa shape index (κ3) is 2.19. The molecule has 98 valence electrons. The number of rotatable bonds is 5. The molecule has 0 radical (unpaired) electrons. The van der Waals surface area contributed by atoms with Crippen molar-refractivity contribution in [1.29, 1.82) is 0 Å². The van der Waals surface area contributed by atoms with Gasteiger partial charge in [-0.15, -0.1) is 0 Å². The molecule has 1 aromatic rings. The van der Waals surface area contributed by atoms with Crippen LogP contribution in [0.5, 0.6) is 5.75 Å². The quantitative estimate of drug-likeness (QED) is 0.694. The molecule has 0 heterocycles. The van der Waals surface area contributed by atoms with Crippen LogP contribution in [0.25, 0.3) is 5.57 Å². The highest BCUT2D eigenvalue weighted by molar-refractivity contribution is 5.79. The van der Waals surface area contributed by atoms with Crippen LogP contribution >= 0.6 is 0 Å². The zero-order valence-electron chi connectivity index (χ0n) is 12.0. The van der Waals surface area contributed by atoms with Crippen LogP contribution in [0, 0.1) is 0 Å². The third-order valence-electron chi connectivity index (χ3n) is 3.98. The lowest BCUT2D eigenvalue weighted by Gasteiger charge is -2.10. The van der Waals surface area contributed by atoms with Crippen LogP contribution in [-0.4, -0.2) is 7.11 Å². The smallest absolute Gasteiger partial charge is 0.119 e.